The van der Waals surface area contributed by atoms with E-state index in [1.807, 2.05) is 12.1 Å². The zero-order valence-corrected chi connectivity index (χ0v) is 21.7. The van der Waals surface area contributed by atoms with Crippen LogP contribution < -0.4 is 4.74 Å². The molecule has 0 bridgehead atoms. The SMILES string of the molecule is CCCCCc1ccc(OC(=O)c2ccc(-c3ccc(-c4ccc(CCC)cc4)c(F)c3F)cc2)c(F)c1. The van der Waals surface area contributed by atoms with Crippen molar-refractivity contribution in [2.45, 2.75) is 52.4 Å². The van der Waals surface area contributed by atoms with Crippen molar-refractivity contribution in [2.75, 3.05) is 0 Å². The summed E-state index contributed by atoms with van der Waals surface area (Å²) in [4.78, 5) is 12.6. The van der Waals surface area contributed by atoms with Gasteiger partial charge in [0.1, 0.15) is 0 Å². The maximum absolute atomic E-state index is 15.0. The Bertz CT molecular complexity index is 1390. The molecule has 0 radical (unpaired) electrons. The number of aryl methyl sites for hydroxylation is 2. The van der Waals surface area contributed by atoms with Gasteiger partial charge < -0.3 is 4.74 Å². The zero-order valence-electron chi connectivity index (χ0n) is 21.7. The topological polar surface area (TPSA) is 26.3 Å². The van der Waals surface area contributed by atoms with Crippen molar-refractivity contribution in [1.82, 2.24) is 0 Å². The zero-order chi connectivity index (χ0) is 27.1. The molecule has 2 nitrogen and oxygen atoms in total. The van der Waals surface area contributed by atoms with Crippen molar-refractivity contribution in [2.24, 2.45) is 0 Å². The molecule has 0 aliphatic carbocycles. The lowest BCUT2D eigenvalue weighted by Crippen LogP contribution is -2.09. The van der Waals surface area contributed by atoms with Gasteiger partial charge in [0.25, 0.3) is 0 Å². The molecule has 4 aromatic carbocycles. The fourth-order valence-electron chi connectivity index (χ4n) is 4.44. The van der Waals surface area contributed by atoms with Crippen LogP contribution in [0.25, 0.3) is 22.3 Å². The molecule has 0 heterocycles. The lowest BCUT2D eigenvalue weighted by atomic mass is 9.97. The van der Waals surface area contributed by atoms with Crippen molar-refractivity contribution in [3.8, 4) is 28.0 Å². The molecule has 0 saturated heterocycles. The highest BCUT2D eigenvalue weighted by Crippen LogP contribution is 2.32. The van der Waals surface area contributed by atoms with E-state index in [1.165, 1.54) is 42.5 Å². The molecule has 0 atom stereocenters. The molecular weight excluding hydrogens is 485 g/mol. The van der Waals surface area contributed by atoms with Gasteiger partial charge in [-0.25, -0.2) is 18.0 Å². The highest BCUT2D eigenvalue weighted by Gasteiger charge is 2.17. The fraction of sp³-hybridized carbons (Fsp3) is 0.242. The smallest absolute Gasteiger partial charge is 0.343 e. The third-order valence-electron chi connectivity index (χ3n) is 6.59. The predicted molar refractivity (Wildman–Crippen MR) is 146 cm³/mol. The van der Waals surface area contributed by atoms with Crippen LogP contribution in [0.3, 0.4) is 0 Å². The Labute approximate surface area is 222 Å². The first kappa shape index (κ1) is 27.2. The summed E-state index contributed by atoms with van der Waals surface area (Å²) in [5.41, 5.74) is 3.46. The number of benzene rings is 4. The first-order chi connectivity index (χ1) is 18.4. The number of esters is 1. The molecule has 0 amide bonds. The second-order valence-corrected chi connectivity index (χ2v) is 9.42. The third-order valence-corrected chi connectivity index (χ3v) is 6.59. The molecule has 0 spiro atoms. The van der Waals surface area contributed by atoms with Crippen LogP contribution in [0.5, 0.6) is 5.75 Å². The number of hydrogen-bond acceptors (Lipinski definition) is 2. The second-order valence-electron chi connectivity index (χ2n) is 9.42. The molecular formula is C33H31F3O2. The number of ether oxygens (including phenoxy) is 1. The Morgan fingerprint density at radius 2 is 1.24 bits per heavy atom. The summed E-state index contributed by atoms with van der Waals surface area (Å²) in [6.07, 6.45) is 5.83. The summed E-state index contributed by atoms with van der Waals surface area (Å²) in [7, 11) is 0. The van der Waals surface area contributed by atoms with Gasteiger partial charge in [0, 0.05) is 11.1 Å². The molecule has 4 aromatic rings. The van der Waals surface area contributed by atoms with Gasteiger partial charge >= 0.3 is 5.97 Å². The van der Waals surface area contributed by atoms with E-state index in [-0.39, 0.29) is 22.4 Å². The average Bonchev–Trinajstić information content (AvgIpc) is 2.93. The van der Waals surface area contributed by atoms with Crippen LogP contribution in [0.2, 0.25) is 0 Å². The summed E-state index contributed by atoms with van der Waals surface area (Å²) >= 11 is 0. The van der Waals surface area contributed by atoms with Gasteiger partial charge in [0.2, 0.25) is 0 Å². The predicted octanol–water partition coefficient (Wildman–Crippen LogP) is 9.34. The van der Waals surface area contributed by atoms with Crippen LogP contribution in [0, 0.1) is 17.5 Å². The monoisotopic (exact) mass is 516 g/mol. The normalized spacial score (nSPS) is 11.0. The lowest BCUT2D eigenvalue weighted by molar-refractivity contribution is 0.0728. The molecule has 0 unspecified atom stereocenters. The van der Waals surface area contributed by atoms with E-state index < -0.39 is 23.4 Å². The standard InChI is InChI=1S/C33H31F3O2/c1-3-5-6-8-23-11-20-30(29(34)21-23)38-33(37)26-16-14-25(15-17-26)28-19-18-27(31(35)32(28)36)24-12-9-22(7-4-2)10-13-24/h9-21H,3-8H2,1-2H3. The number of hydrogen-bond donors (Lipinski definition) is 0. The first-order valence-electron chi connectivity index (χ1n) is 13.1. The van der Waals surface area contributed by atoms with E-state index in [1.54, 1.807) is 24.3 Å². The summed E-state index contributed by atoms with van der Waals surface area (Å²) in [5.74, 6) is -3.37. The van der Waals surface area contributed by atoms with Gasteiger partial charge in [0.05, 0.1) is 5.56 Å². The second kappa shape index (κ2) is 12.6. The maximum atomic E-state index is 15.0. The van der Waals surface area contributed by atoms with Crippen molar-refractivity contribution in [1.29, 1.82) is 0 Å². The average molecular weight is 517 g/mol. The highest BCUT2D eigenvalue weighted by atomic mass is 19.2. The Morgan fingerprint density at radius 1 is 0.658 bits per heavy atom. The van der Waals surface area contributed by atoms with Crippen LogP contribution in [-0.2, 0) is 12.8 Å². The molecule has 0 fully saturated rings. The largest absolute Gasteiger partial charge is 0.420 e. The van der Waals surface area contributed by atoms with Gasteiger partial charge in [-0.05, 0) is 65.8 Å². The Balaban J connectivity index is 1.47. The molecule has 0 aliphatic heterocycles. The van der Waals surface area contributed by atoms with Crippen molar-refractivity contribution in [3.63, 3.8) is 0 Å². The molecule has 0 saturated carbocycles. The van der Waals surface area contributed by atoms with E-state index in [2.05, 4.69) is 13.8 Å². The van der Waals surface area contributed by atoms with Crippen LogP contribution in [0.4, 0.5) is 13.2 Å². The lowest BCUT2D eigenvalue weighted by Gasteiger charge is -2.11. The van der Waals surface area contributed by atoms with E-state index in [4.69, 9.17) is 4.74 Å². The van der Waals surface area contributed by atoms with Crippen molar-refractivity contribution < 1.29 is 22.7 Å². The Hall–Kier alpha value is -3.86. The van der Waals surface area contributed by atoms with Gasteiger partial charge in [-0.1, -0.05) is 87.7 Å². The maximum Gasteiger partial charge on any atom is 0.343 e. The summed E-state index contributed by atoms with van der Waals surface area (Å²) < 4.78 is 49.7. The number of carbonyl (C=O) groups excluding carboxylic acids is 1. The van der Waals surface area contributed by atoms with Crippen molar-refractivity contribution >= 4 is 5.97 Å². The Kier molecular flexibility index (Phi) is 9.01. The minimum atomic E-state index is -0.962. The van der Waals surface area contributed by atoms with E-state index >= 15 is 8.78 Å². The molecule has 0 aliphatic rings. The molecule has 4 rings (SSSR count). The Morgan fingerprint density at radius 3 is 1.79 bits per heavy atom. The number of carbonyl (C=O) groups is 1. The highest BCUT2D eigenvalue weighted by molar-refractivity contribution is 5.91. The quantitative estimate of drug-likeness (QED) is 0.119. The molecule has 0 N–H and O–H groups in total. The molecule has 0 aromatic heterocycles. The van der Waals surface area contributed by atoms with Gasteiger partial charge in [-0.15, -0.1) is 0 Å². The van der Waals surface area contributed by atoms with E-state index in [0.717, 1.165) is 49.7 Å². The summed E-state index contributed by atoms with van der Waals surface area (Å²) in [5, 5.41) is 0. The number of unbranched alkanes of at least 4 members (excludes halogenated alkanes) is 2. The van der Waals surface area contributed by atoms with E-state index in [0.29, 0.717) is 11.1 Å². The summed E-state index contributed by atoms with van der Waals surface area (Å²) in [6, 6.07) is 21.1. The fourth-order valence-corrected chi connectivity index (χ4v) is 4.44. The van der Waals surface area contributed by atoms with Crippen LogP contribution >= 0.6 is 0 Å². The van der Waals surface area contributed by atoms with Gasteiger partial charge in [-0.2, -0.15) is 0 Å². The number of halogens is 3. The van der Waals surface area contributed by atoms with Gasteiger partial charge in [0.15, 0.2) is 23.2 Å². The third kappa shape index (κ3) is 6.34. The minimum absolute atomic E-state index is 0.0819. The van der Waals surface area contributed by atoms with Gasteiger partial charge in [-0.3, -0.25) is 0 Å². The van der Waals surface area contributed by atoms with Crippen LogP contribution in [0.1, 0.15) is 61.0 Å². The first-order valence-corrected chi connectivity index (χ1v) is 13.1. The van der Waals surface area contributed by atoms with Crippen molar-refractivity contribution in [3.05, 3.63) is 113 Å². The van der Waals surface area contributed by atoms with Crippen LogP contribution in [-0.4, -0.2) is 5.97 Å². The number of rotatable bonds is 10. The van der Waals surface area contributed by atoms with Crippen LogP contribution in [0.15, 0.2) is 78.9 Å². The molecule has 196 valence electrons. The van der Waals surface area contributed by atoms with E-state index in [9.17, 15) is 9.18 Å². The minimum Gasteiger partial charge on any atom is -0.420 e. The summed E-state index contributed by atoms with van der Waals surface area (Å²) in [6.45, 7) is 4.19. The molecule has 38 heavy (non-hydrogen) atoms. The molecule has 5 heteroatoms.